The first-order chi connectivity index (χ1) is 9.33. The number of esters is 1. The highest BCUT2D eigenvalue weighted by Gasteiger charge is 2.30. The Kier molecular flexibility index (Phi) is 6.22. The fourth-order valence-electron chi connectivity index (χ4n) is 1.90. The van der Waals surface area contributed by atoms with Crippen molar-refractivity contribution in [2.45, 2.75) is 39.2 Å². The van der Waals surface area contributed by atoms with E-state index < -0.39 is 5.60 Å². The second-order valence-corrected chi connectivity index (χ2v) is 5.70. The molecule has 0 aromatic carbocycles. The van der Waals surface area contributed by atoms with E-state index in [1.54, 1.807) is 4.90 Å². The van der Waals surface area contributed by atoms with Crippen LogP contribution in [-0.4, -0.2) is 49.5 Å². The van der Waals surface area contributed by atoms with Gasteiger partial charge in [0.1, 0.15) is 5.60 Å². The van der Waals surface area contributed by atoms with Crippen LogP contribution in [0, 0.1) is 5.92 Å². The molecule has 7 nitrogen and oxygen atoms in total. The SMILES string of the molecule is CONCOC(=O)C1CCN(C(=O)OC(C)(C)C)CC1. The molecule has 1 rings (SSSR count). The summed E-state index contributed by atoms with van der Waals surface area (Å²) in [4.78, 5) is 29.8. The molecule has 1 amide bonds. The summed E-state index contributed by atoms with van der Waals surface area (Å²) >= 11 is 0. The first-order valence-corrected chi connectivity index (χ1v) is 6.74. The van der Waals surface area contributed by atoms with Gasteiger partial charge in [0.25, 0.3) is 0 Å². The van der Waals surface area contributed by atoms with Crippen LogP contribution in [0.15, 0.2) is 0 Å². The number of nitrogens with zero attached hydrogens (tertiary/aromatic N) is 1. The molecule has 0 bridgehead atoms. The number of ether oxygens (including phenoxy) is 2. The average Bonchev–Trinajstić information content (AvgIpc) is 2.37. The summed E-state index contributed by atoms with van der Waals surface area (Å²) in [5.41, 5.74) is 1.94. The Morgan fingerprint density at radius 3 is 2.35 bits per heavy atom. The average molecular weight is 288 g/mol. The van der Waals surface area contributed by atoms with Crippen molar-refractivity contribution in [2.75, 3.05) is 26.9 Å². The van der Waals surface area contributed by atoms with Crippen molar-refractivity contribution in [3.05, 3.63) is 0 Å². The van der Waals surface area contributed by atoms with E-state index in [1.165, 1.54) is 7.11 Å². The summed E-state index contributed by atoms with van der Waals surface area (Å²) in [6, 6.07) is 0. The zero-order valence-electron chi connectivity index (χ0n) is 12.6. The predicted octanol–water partition coefficient (Wildman–Crippen LogP) is 1.29. The zero-order valence-corrected chi connectivity index (χ0v) is 12.6. The first kappa shape index (κ1) is 16.7. The minimum atomic E-state index is -0.501. The van der Waals surface area contributed by atoms with Gasteiger partial charge in [0, 0.05) is 13.1 Å². The van der Waals surface area contributed by atoms with Gasteiger partial charge in [-0.25, -0.2) is 4.79 Å². The smallest absolute Gasteiger partial charge is 0.410 e. The molecule has 1 aliphatic rings. The number of hydrogen-bond acceptors (Lipinski definition) is 6. The Bertz CT molecular complexity index is 332. The molecule has 7 heteroatoms. The molecule has 0 atom stereocenters. The van der Waals surface area contributed by atoms with E-state index in [0.717, 1.165) is 0 Å². The molecule has 1 N–H and O–H groups in total. The summed E-state index contributed by atoms with van der Waals surface area (Å²) in [7, 11) is 1.45. The highest BCUT2D eigenvalue weighted by molar-refractivity contribution is 5.73. The van der Waals surface area contributed by atoms with E-state index in [4.69, 9.17) is 9.47 Å². The van der Waals surface area contributed by atoms with E-state index in [0.29, 0.717) is 25.9 Å². The van der Waals surface area contributed by atoms with E-state index >= 15 is 0 Å². The Hall–Kier alpha value is -1.34. The van der Waals surface area contributed by atoms with Gasteiger partial charge in [-0.2, -0.15) is 5.48 Å². The van der Waals surface area contributed by atoms with Gasteiger partial charge in [0.2, 0.25) is 0 Å². The highest BCUT2D eigenvalue weighted by Crippen LogP contribution is 2.20. The number of amides is 1. The topological polar surface area (TPSA) is 77.1 Å². The van der Waals surface area contributed by atoms with Crippen LogP contribution in [0.25, 0.3) is 0 Å². The molecule has 0 aromatic rings. The van der Waals surface area contributed by atoms with Gasteiger partial charge < -0.3 is 19.2 Å². The fourth-order valence-corrected chi connectivity index (χ4v) is 1.90. The number of carbonyl (C=O) groups is 2. The van der Waals surface area contributed by atoms with Crippen molar-refractivity contribution in [3.63, 3.8) is 0 Å². The van der Waals surface area contributed by atoms with Gasteiger partial charge >= 0.3 is 12.1 Å². The maximum Gasteiger partial charge on any atom is 0.410 e. The number of rotatable bonds is 4. The Balaban J connectivity index is 2.32. The molecular formula is C13H24N2O5. The number of carbonyl (C=O) groups excluding carboxylic acids is 2. The summed E-state index contributed by atoms with van der Waals surface area (Å²) < 4.78 is 10.3. The molecule has 0 aliphatic carbocycles. The standard InChI is InChI=1S/C13H24N2O5/c1-13(2,3)20-12(17)15-7-5-10(6-8-15)11(16)19-9-14-18-4/h10,14H,5-9H2,1-4H3. The van der Waals surface area contributed by atoms with Crippen molar-refractivity contribution in [3.8, 4) is 0 Å². The van der Waals surface area contributed by atoms with Gasteiger partial charge in [-0.05, 0) is 33.6 Å². The summed E-state index contributed by atoms with van der Waals surface area (Å²) in [6.07, 6.45) is 0.848. The van der Waals surface area contributed by atoms with Crippen LogP contribution >= 0.6 is 0 Å². The number of likely N-dealkylation sites (tertiary alicyclic amines) is 1. The molecule has 0 spiro atoms. The van der Waals surface area contributed by atoms with Crippen LogP contribution in [0.1, 0.15) is 33.6 Å². The summed E-state index contributed by atoms with van der Waals surface area (Å²) in [5, 5.41) is 0. The lowest BCUT2D eigenvalue weighted by molar-refractivity contribution is -0.154. The largest absolute Gasteiger partial charge is 0.447 e. The fraction of sp³-hybridized carbons (Fsp3) is 0.846. The number of hydrogen-bond donors (Lipinski definition) is 1. The molecule has 1 heterocycles. The third-order valence-corrected chi connectivity index (χ3v) is 2.90. The maximum atomic E-state index is 11.9. The monoisotopic (exact) mass is 288 g/mol. The van der Waals surface area contributed by atoms with Crippen LogP contribution in [0.2, 0.25) is 0 Å². The molecule has 1 aliphatic heterocycles. The van der Waals surface area contributed by atoms with E-state index in [1.807, 2.05) is 20.8 Å². The molecule has 0 aromatic heterocycles. The van der Waals surface area contributed by atoms with Crippen molar-refractivity contribution < 1.29 is 23.9 Å². The zero-order chi connectivity index (χ0) is 15.2. The lowest BCUT2D eigenvalue weighted by Gasteiger charge is -2.32. The van der Waals surface area contributed by atoms with E-state index in [2.05, 4.69) is 10.3 Å². The van der Waals surface area contributed by atoms with Gasteiger partial charge in [0.15, 0.2) is 6.73 Å². The normalized spacial score (nSPS) is 16.9. The summed E-state index contributed by atoms with van der Waals surface area (Å²) in [5.74, 6) is -0.439. The van der Waals surface area contributed by atoms with Crippen molar-refractivity contribution in [1.29, 1.82) is 0 Å². The van der Waals surface area contributed by atoms with Crippen LogP contribution < -0.4 is 5.48 Å². The second kappa shape index (κ2) is 7.44. The Morgan fingerprint density at radius 2 is 1.85 bits per heavy atom. The molecule has 20 heavy (non-hydrogen) atoms. The van der Waals surface area contributed by atoms with Crippen LogP contribution in [0.4, 0.5) is 4.79 Å². The number of nitrogens with one attached hydrogen (secondary N) is 1. The van der Waals surface area contributed by atoms with Crippen LogP contribution in [0.5, 0.6) is 0 Å². The van der Waals surface area contributed by atoms with Crippen LogP contribution in [0.3, 0.4) is 0 Å². The first-order valence-electron chi connectivity index (χ1n) is 6.74. The minimum absolute atomic E-state index is 0.0294. The Labute approximate surface area is 119 Å². The quantitative estimate of drug-likeness (QED) is 0.363. The lowest BCUT2D eigenvalue weighted by Crippen LogP contribution is -2.43. The third-order valence-electron chi connectivity index (χ3n) is 2.90. The van der Waals surface area contributed by atoms with Crippen molar-refractivity contribution >= 4 is 12.1 Å². The predicted molar refractivity (Wildman–Crippen MR) is 71.6 cm³/mol. The third kappa shape index (κ3) is 5.75. The van der Waals surface area contributed by atoms with Gasteiger partial charge in [0.05, 0.1) is 13.0 Å². The number of piperidine rings is 1. The molecule has 0 radical (unpaired) electrons. The van der Waals surface area contributed by atoms with Crippen molar-refractivity contribution in [1.82, 2.24) is 10.4 Å². The maximum absolute atomic E-state index is 11.9. The molecule has 116 valence electrons. The summed E-state index contributed by atoms with van der Waals surface area (Å²) in [6.45, 7) is 6.54. The molecule has 1 saturated heterocycles. The van der Waals surface area contributed by atoms with E-state index in [-0.39, 0.29) is 24.7 Å². The van der Waals surface area contributed by atoms with Crippen LogP contribution in [-0.2, 0) is 19.1 Å². The highest BCUT2D eigenvalue weighted by atomic mass is 16.7. The minimum Gasteiger partial charge on any atom is -0.447 e. The molecular weight excluding hydrogens is 264 g/mol. The van der Waals surface area contributed by atoms with Crippen molar-refractivity contribution in [2.24, 2.45) is 5.92 Å². The molecule has 1 fully saturated rings. The number of hydroxylamine groups is 1. The van der Waals surface area contributed by atoms with Gasteiger partial charge in [-0.3, -0.25) is 4.79 Å². The van der Waals surface area contributed by atoms with E-state index in [9.17, 15) is 9.59 Å². The van der Waals surface area contributed by atoms with Gasteiger partial charge in [-0.1, -0.05) is 0 Å². The lowest BCUT2D eigenvalue weighted by atomic mass is 9.97. The van der Waals surface area contributed by atoms with Gasteiger partial charge in [-0.15, -0.1) is 0 Å². The second-order valence-electron chi connectivity index (χ2n) is 5.70. The Morgan fingerprint density at radius 1 is 1.25 bits per heavy atom. The molecule has 0 saturated carbocycles. The molecule has 0 unspecified atom stereocenters.